The Hall–Kier alpha value is -2.37. The standard InChI is InChI=1S/C17H22N2O4/c1-10(2)9-18-14(20)12-5-4-11(3)13(8-12)19-15(21)17(6-7-17)16(22)23/h4-5,8,10H,6-7,9H2,1-3H3,(H,18,20)(H,19,21)(H,22,23). The van der Waals surface area contributed by atoms with Gasteiger partial charge < -0.3 is 15.7 Å². The molecule has 1 aromatic rings. The third-order valence-electron chi connectivity index (χ3n) is 4.01. The number of carboxylic acid groups (broad SMARTS) is 1. The van der Waals surface area contributed by atoms with Crippen LogP contribution in [0.1, 0.15) is 42.6 Å². The van der Waals surface area contributed by atoms with E-state index in [-0.39, 0.29) is 5.91 Å². The number of carbonyl (C=O) groups is 3. The highest BCUT2D eigenvalue weighted by atomic mass is 16.4. The van der Waals surface area contributed by atoms with Crippen molar-refractivity contribution in [2.75, 3.05) is 11.9 Å². The van der Waals surface area contributed by atoms with Gasteiger partial charge in [-0.15, -0.1) is 0 Å². The normalized spacial score (nSPS) is 15.1. The van der Waals surface area contributed by atoms with Gasteiger partial charge in [0.05, 0.1) is 0 Å². The van der Waals surface area contributed by atoms with Crippen molar-refractivity contribution in [2.45, 2.75) is 33.6 Å². The molecule has 0 saturated heterocycles. The van der Waals surface area contributed by atoms with Crippen LogP contribution in [0.5, 0.6) is 0 Å². The minimum atomic E-state index is -1.30. The molecule has 0 aliphatic heterocycles. The first-order chi connectivity index (χ1) is 10.8. The van der Waals surface area contributed by atoms with E-state index in [0.29, 0.717) is 36.6 Å². The molecule has 0 spiro atoms. The number of aliphatic carboxylic acids is 1. The predicted octanol–water partition coefficient (Wildman–Crippen LogP) is 2.18. The Bertz CT molecular complexity index is 648. The lowest BCUT2D eigenvalue weighted by molar-refractivity contribution is -0.147. The average Bonchev–Trinajstić information content (AvgIpc) is 3.28. The van der Waals surface area contributed by atoms with Gasteiger partial charge in [0.25, 0.3) is 5.91 Å². The van der Waals surface area contributed by atoms with Gasteiger partial charge in [-0.1, -0.05) is 19.9 Å². The van der Waals surface area contributed by atoms with Gasteiger partial charge >= 0.3 is 5.97 Å². The van der Waals surface area contributed by atoms with Crippen molar-refractivity contribution in [3.63, 3.8) is 0 Å². The maximum Gasteiger partial charge on any atom is 0.319 e. The van der Waals surface area contributed by atoms with Crippen molar-refractivity contribution >= 4 is 23.5 Å². The van der Waals surface area contributed by atoms with Gasteiger partial charge in [-0.25, -0.2) is 0 Å². The molecule has 0 aromatic heterocycles. The smallest absolute Gasteiger partial charge is 0.319 e. The topological polar surface area (TPSA) is 95.5 Å². The first-order valence-electron chi connectivity index (χ1n) is 7.70. The minimum Gasteiger partial charge on any atom is -0.480 e. The van der Waals surface area contributed by atoms with Gasteiger partial charge in [-0.3, -0.25) is 14.4 Å². The fourth-order valence-electron chi connectivity index (χ4n) is 2.20. The molecule has 2 amide bonds. The second-order valence-corrected chi connectivity index (χ2v) is 6.47. The Kier molecular flexibility index (Phi) is 4.73. The molecule has 1 aromatic carbocycles. The summed E-state index contributed by atoms with van der Waals surface area (Å²) in [6.45, 7) is 6.37. The zero-order valence-electron chi connectivity index (χ0n) is 13.6. The van der Waals surface area contributed by atoms with E-state index in [1.165, 1.54) is 0 Å². The maximum atomic E-state index is 12.2. The number of carbonyl (C=O) groups excluding carboxylic acids is 2. The Morgan fingerprint density at radius 2 is 1.91 bits per heavy atom. The molecule has 6 nitrogen and oxygen atoms in total. The van der Waals surface area contributed by atoms with E-state index >= 15 is 0 Å². The monoisotopic (exact) mass is 318 g/mol. The highest BCUT2D eigenvalue weighted by molar-refractivity contribution is 6.11. The summed E-state index contributed by atoms with van der Waals surface area (Å²) in [6, 6.07) is 5.01. The Morgan fingerprint density at radius 1 is 1.26 bits per heavy atom. The first kappa shape index (κ1) is 17.0. The number of nitrogens with one attached hydrogen (secondary N) is 2. The number of carboxylic acids is 1. The molecule has 1 saturated carbocycles. The van der Waals surface area contributed by atoms with Crippen molar-refractivity contribution in [1.82, 2.24) is 5.32 Å². The molecule has 1 fully saturated rings. The van der Waals surface area contributed by atoms with Crippen LogP contribution in [-0.2, 0) is 9.59 Å². The summed E-state index contributed by atoms with van der Waals surface area (Å²) in [4.78, 5) is 35.5. The third-order valence-corrected chi connectivity index (χ3v) is 4.01. The van der Waals surface area contributed by atoms with Crippen molar-refractivity contribution in [3.05, 3.63) is 29.3 Å². The van der Waals surface area contributed by atoms with Gasteiger partial charge in [-0.2, -0.15) is 0 Å². The summed E-state index contributed by atoms with van der Waals surface area (Å²) in [5.74, 6) is -1.49. The van der Waals surface area contributed by atoms with Gasteiger partial charge in [0, 0.05) is 17.8 Å². The number of aryl methyl sites for hydroxylation is 1. The van der Waals surface area contributed by atoms with Crippen LogP contribution in [0.15, 0.2) is 18.2 Å². The van der Waals surface area contributed by atoms with Gasteiger partial charge in [0.2, 0.25) is 5.91 Å². The summed E-state index contributed by atoms with van der Waals surface area (Å²) >= 11 is 0. The van der Waals surface area contributed by atoms with E-state index in [4.69, 9.17) is 5.11 Å². The van der Waals surface area contributed by atoms with Crippen molar-refractivity contribution in [1.29, 1.82) is 0 Å². The number of hydrogen-bond donors (Lipinski definition) is 3. The van der Waals surface area contributed by atoms with Crippen LogP contribution in [0.3, 0.4) is 0 Å². The number of anilines is 1. The molecule has 0 atom stereocenters. The van der Waals surface area contributed by atoms with Gasteiger partial charge in [0.1, 0.15) is 5.41 Å². The molecular formula is C17H22N2O4. The van der Waals surface area contributed by atoms with Crippen molar-refractivity contribution in [2.24, 2.45) is 11.3 Å². The van der Waals surface area contributed by atoms with E-state index in [9.17, 15) is 14.4 Å². The van der Waals surface area contributed by atoms with Crippen LogP contribution in [0.2, 0.25) is 0 Å². The molecule has 2 rings (SSSR count). The molecule has 124 valence electrons. The highest BCUT2D eigenvalue weighted by Gasteiger charge is 2.57. The van der Waals surface area contributed by atoms with Gasteiger partial charge in [0.15, 0.2) is 0 Å². The zero-order chi connectivity index (χ0) is 17.2. The molecular weight excluding hydrogens is 296 g/mol. The zero-order valence-corrected chi connectivity index (χ0v) is 13.6. The first-order valence-corrected chi connectivity index (χ1v) is 7.70. The Balaban J connectivity index is 2.13. The van der Waals surface area contributed by atoms with Gasteiger partial charge in [-0.05, 0) is 43.4 Å². The molecule has 0 heterocycles. The molecule has 0 bridgehead atoms. The van der Waals surface area contributed by atoms with Crippen LogP contribution < -0.4 is 10.6 Å². The quantitative estimate of drug-likeness (QED) is 0.701. The predicted molar refractivity (Wildman–Crippen MR) is 86.3 cm³/mol. The SMILES string of the molecule is Cc1ccc(C(=O)NCC(C)C)cc1NC(=O)C1(C(=O)O)CC1. The molecule has 3 N–H and O–H groups in total. The second-order valence-electron chi connectivity index (χ2n) is 6.47. The third kappa shape index (κ3) is 3.70. The lowest BCUT2D eigenvalue weighted by Crippen LogP contribution is -2.31. The molecule has 6 heteroatoms. The number of benzene rings is 1. The van der Waals surface area contributed by atoms with Crippen LogP contribution >= 0.6 is 0 Å². The molecule has 0 unspecified atom stereocenters. The molecule has 23 heavy (non-hydrogen) atoms. The maximum absolute atomic E-state index is 12.2. The van der Waals surface area contributed by atoms with Crippen LogP contribution in [-0.4, -0.2) is 29.4 Å². The summed E-state index contributed by atoms with van der Waals surface area (Å²) in [5.41, 5.74) is 0.383. The number of hydrogen-bond acceptors (Lipinski definition) is 3. The highest BCUT2D eigenvalue weighted by Crippen LogP contribution is 2.46. The molecule has 1 aliphatic rings. The number of rotatable bonds is 6. The van der Waals surface area contributed by atoms with E-state index in [0.717, 1.165) is 5.56 Å². The Labute approximate surface area is 135 Å². The summed E-state index contributed by atoms with van der Waals surface area (Å²) in [6.07, 6.45) is 0.698. The fraction of sp³-hybridized carbons (Fsp3) is 0.471. The number of amides is 2. The van der Waals surface area contributed by atoms with E-state index in [1.807, 2.05) is 13.8 Å². The average molecular weight is 318 g/mol. The van der Waals surface area contributed by atoms with Crippen LogP contribution in [0.25, 0.3) is 0 Å². The largest absolute Gasteiger partial charge is 0.480 e. The van der Waals surface area contributed by atoms with Crippen LogP contribution in [0.4, 0.5) is 5.69 Å². The van der Waals surface area contributed by atoms with Crippen molar-refractivity contribution in [3.8, 4) is 0 Å². The van der Waals surface area contributed by atoms with E-state index < -0.39 is 17.3 Å². The summed E-state index contributed by atoms with van der Waals surface area (Å²) in [7, 11) is 0. The molecule has 1 aliphatic carbocycles. The summed E-state index contributed by atoms with van der Waals surface area (Å²) < 4.78 is 0. The van der Waals surface area contributed by atoms with E-state index in [2.05, 4.69) is 10.6 Å². The van der Waals surface area contributed by atoms with Crippen LogP contribution in [0, 0.1) is 18.3 Å². The lowest BCUT2D eigenvalue weighted by Gasteiger charge is -2.14. The lowest BCUT2D eigenvalue weighted by atomic mass is 10.0. The minimum absolute atomic E-state index is 0.214. The van der Waals surface area contributed by atoms with Crippen molar-refractivity contribution < 1.29 is 19.5 Å². The molecule has 0 radical (unpaired) electrons. The Morgan fingerprint density at radius 3 is 2.43 bits per heavy atom. The van der Waals surface area contributed by atoms with E-state index in [1.54, 1.807) is 25.1 Å². The fourth-order valence-corrected chi connectivity index (χ4v) is 2.20. The summed E-state index contributed by atoms with van der Waals surface area (Å²) in [5, 5.41) is 14.6. The second kappa shape index (κ2) is 6.40.